The molecule has 4 saturated carbocycles. The van der Waals surface area contributed by atoms with Crippen LogP contribution < -0.4 is 42.5 Å². The third-order valence-corrected chi connectivity index (χ3v) is 14.1. The zero-order chi connectivity index (χ0) is 29.7. The molecule has 5 saturated heterocycles. The zero-order valence-electron chi connectivity index (χ0n) is 26.1. The molecule has 5 aliphatic heterocycles. The Morgan fingerprint density at radius 3 is 0.733 bits per heavy atom. The first-order valence-electron chi connectivity index (χ1n) is 18.3. The first-order chi connectivity index (χ1) is 21.5. The van der Waals surface area contributed by atoms with Gasteiger partial charge in [-0.2, -0.15) is 0 Å². The molecule has 9 aliphatic rings. The van der Waals surface area contributed by atoms with Crippen molar-refractivity contribution in [1.82, 2.24) is 42.5 Å². The van der Waals surface area contributed by atoms with Crippen LogP contribution in [-0.4, -0.2) is 94.2 Å². The molecule has 0 aromatic heterocycles. The molecule has 259 valence electrons. The van der Waals surface area contributed by atoms with Crippen LogP contribution in [0.25, 0.3) is 0 Å². The zero-order valence-corrected chi connectivity index (χ0v) is 27.6. The number of hydrogen-bond donors (Lipinski definition) is 12. The predicted octanol–water partition coefficient (Wildman–Crippen LogP) is -1.51. The number of nitrogens with one attached hydrogen (secondary N) is 8. The van der Waals surface area contributed by atoms with E-state index in [9.17, 15) is 20.4 Å². The van der Waals surface area contributed by atoms with E-state index in [1.54, 1.807) is 0 Å². The van der Waals surface area contributed by atoms with Crippen LogP contribution in [0.5, 0.6) is 0 Å². The van der Waals surface area contributed by atoms with E-state index in [4.69, 9.17) is 0 Å². The smallest absolute Gasteiger partial charge is 0.109 e. The topological polar surface area (TPSA) is 177 Å². The van der Waals surface area contributed by atoms with Gasteiger partial charge < -0.3 is 20.4 Å². The second-order valence-corrected chi connectivity index (χ2v) is 16.1. The molecule has 0 aromatic rings. The average Bonchev–Trinajstić information content (AvgIpc) is 3.78. The minimum atomic E-state index is -1.38. The van der Waals surface area contributed by atoms with Crippen molar-refractivity contribution in [2.75, 3.05) is 0 Å². The van der Waals surface area contributed by atoms with Crippen LogP contribution in [0.15, 0.2) is 0 Å². The van der Waals surface area contributed by atoms with Crippen LogP contribution in [0.4, 0.5) is 0 Å². The van der Waals surface area contributed by atoms with E-state index in [0.29, 0.717) is 35.5 Å². The summed E-state index contributed by atoms with van der Waals surface area (Å²) in [5.74, 6) is 2.30. The van der Waals surface area contributed by atoms with E-state index in [2.05, 4.69) is 42.5 Å². The molecule has 8 bridgehead atoms. The molecular weight excluding hydrogens is 668 g/mol. The Balaban J connectivity index is 0.00000300. The fraction of sp³-hybridized carbons (Fsp3) is 1.00. The Kier molecular flexibility index (Phi) is 9.28. The van der Waals surface area contributed by atoms with Gasteiger partial charge in [0.2, 0.25) is 0 Å². The fourth-order valence-electron chi connectivity index (χ4n) is 12.1. The van der Waals surface area contributed by atoms with Gasteiger partial charge in [0.15, 0.2) is 0 Å². The van der Waals surface area contributed by atoms with Gasteiger partial charge in [0.1, 0.15) is 12.2 Å². The molecule has 4 aliphatic carbocycles. The molecule has 0 amide bonds. The third kappa shape index (κ3) is 5.38. The summed E-state index contributed by atoms with van der Waals surface area (Å²) in [7, 11) is 0. The second kappa shape index (κ2) is 12.9. The quantitative estimate of drug-likeness (QED) is 0.130. The summed E-state index contributed by atoms with van der Waals surface area (Å²) in [6.07, 6.45) is 10.2. The maximum Gasteiger partial charge on any atom is 0.109 e. The van der Waals surface area contributed by atoms with E-state index in [1.807, 2.05) is 0 Å². The van der Waals surface area contributed by atoms with Gasteiger partial charge >= 0.3 is 0 Å². The number of aliphatic hydroxyl groups is 4. The Bertz CT molecular complexity index is 989. The van der Waals surface area contributed by atoms with Gasteiger partial charge in [-0.3, -0.25) is 42.5 Å². The van der Waals surface area contributed by atoms with Crippen LogP contribution in [-0.2, 0) is 22.4 Å². The van der Waals surface area contributed by atoms with Gasteiger partial charge in [-0.25, -0.2) is 0 Å². The monoisotopic (exact) mass is 723 g/mol. The second-order valence-electron chi connectivity index (χ2n) is 16.1. The van der Waals surface area contributed by atoms with Gasteiger partial charge in [-0.05, 0) is 74.0 Å². The van der Waals surface area contributed by atoms with Crippen LogP contribution in [0.2, 0.25) is 0 Å². The molecular formula is C32H56AgN8O4. The van der Waals surface area contributed by atoms with Gasteiger partial charge in [0.25, 0.3) is 0 Å². The summed E-state index contributed by atoms with van der Waals surface area (Å²) >= 11 is 0. The summed E-state index contributed by atoms with van der Waals surface area (Å²) in [4.78, 5) is 0. The minimum absolute atomic E-state index is 0. The summed E-state index contributed by atoms with van der Waals surface area (Å²) in [6, 6.07) is 0. The third-order valence-electron chi connectivity index (χ3n) is 14.1. The van der Waals surface area contributed by atoms with Gasteiger partial charge in [0, 0.05) is 34.2 Å². The number of aliphatic hydroxyl groups excluding tert-OH is 4. The Labute approximate surface area is 282 Å². The van der Waals surface area contributed by atoms with Crippen molar-refractivity contribution in [1.29, 1.82) is 0 Å². The first-order valence-corrected chi connectivity index (χ1v) is 18.3. The van der Waals surface area contributed by atoms with Gasteiger partial charge in [-0.1, -0.05) is 38.5 Å². The summed E-state index contributed by atoms with van der Waals surface area (Å²) < 4.78 is 0. The van der Waals surface area contributed by atoms with E-state index in [-0.39, 0.29) is 71.7 Å². The number of fused-ring (bicyclic) bond motifs is 20. The van der Waals surface area contributed by atoms with Crippen LogP contribution in [0.3, 0.4) is 0 Å². The maximum absolute atomic E-state index is 11.4. The largest absolute Gasteiger partial charge is 0.390 e. The summed E-state index contributed by atoms with van der Waals surface area (Å²) in [6.45, 7) is 0. The van der Waals surface area contributed by atoms with Crippen molar-refractivity contribution in [3.8, 4) is 0 Å². The van der Waals surface area contributed by atoms with Crippen molar-refractivity contribution in [3.05, 3.63) is 0 Å². The molecule has 12 nitrogen and oxygen atoms in total. The minimum Gasteiger partial charge on any atom is -0.390 e. The molecule has 9 rings (SSSR count). The molecule has 0 spiro atoms. The van der Waals surface area contributed by atoms with Crippen molar-refractivity contribution in [2.24, 2.45) is 47.3 Å². The maximum atomic E-state index is 11.4. The molecule has 9 fully saturated rings. The average molecular weight is 725 g/mol. The van der Waals surface area contributed by atoms with E-state index in [1.165, 1.54) is 64.2 Å². The summed E-state index contributed by atoms with van der Waals surface area (Å²) in [5, 5.41) is 76.2. The Hall–Kier alpha value is 0.260. The van der Waals surface area contributed by atoms with Crippen molar-refractivity contribution in [2.45, 2.75) is 151 Å². The molecule has 45 heavy (non-hydrogen) atoms. The molecule has 20 atom stereocenters. The van der Waals surface area contributed by atoms with Crippen molar-refractivity contribution >= 4 is 0 Å². The van der Waals surface area contributed by atoms with E-state index < -0.39 is 36.3 Å². The number of hydrogen-bond acceptors (Lipinski definition) is 12. The SMILES string of the molecule is OC1C(O)C(O)C2C3NC4NC(NC5NC(NC6NC(NC(N3)C2C1O)C1CCCCC61)C1CCCCC51)C1CCCCC41.[Ag]. The van der Waals surface area contributed by atoms with E-state index in [0.717, 1.165) is 12.8 Å². The van der Waals surface area contributed by atoms with E-state index >= 15 is 0 Å². The first kappa shape index (κ1) is 32.5. The predicted molar refractivity (Wildman–Crippen MR) is 163 cm³/mol. The molecule has 13 heteroatoms. The molecule has 12 N–H and O–H groups in total. The van der Waals surface area contributed by atoms with Crippen molar-refractivity contribution < 1.29 is 42.8 Å². The fourth-order valence-corrected chi connectivity index (χ4v) is 12.1. The van der Waals surface area contributed by atoms with Crippen molar-refractivity contribution in [3.63, 3.8) is 0 Å². The molecule has 5 heterocycles. The van der Waals surface area contributed by atoms with Gasteiger partial charge in [0.05, 0.1) is 61.5 Å². The molecule has 0 aromatic carbocycles. The Morgan fingerprint density at radius 2 is 0.489 bits per heavy atom. The molecule has 20 unspecified atom stereocenters. The van der Waals surface area contributed by atoms with Crippen LogP contribution >= 0.6 is 0 Å². The normalized spacial score (nSPS) is 58.9. The summed E-state index contributed by atoms with van der Waals surface area (Å²) in [5.41, 5.74) is 0. The van der Waals surface area contributed by atoms with Crippen LogP contribution in [0.1, 0.15) is 77.0 Å². The number of rotatable bonds is 0. The standard InChI is InChI=1S/C32H56N8O4.Ag/c41-21-19-20(22(42)24(44)23(21)43)32-39-30-18-12-6-4-10-16(18)28(37-30)35-26-14-8-2-1-7-13(14)25(33-26)34-27-15-9-3-5-11-17(15)29(36-27)38-31(19)40-32;/h13-44H,1-12H2;. The van der Waals surface area contributed by atoms with Crippen LogP contribution in [0, 0.1) is 47.3 Å². The Morgan fingerprint density at radius 1 is 0.289 bits per heavy atom. The van der Waals surface area contributed by atoms with Gasteiger partial charge in [-0.15, -0.1) is 0 Å². The molecule has 1 radical (unpaired) electrons.